The third-order valence-electron chi connectivity index (χ3n) is 2.83. The number of aryl methyl sites for hydroxylation is 1. The van der Waals surface area contributed by atoms with Gasteiger partial charge in [-0.1, -0.05) is 24.3 Å². The maximum absolute atomic E-state index is 11.2. The first-order valence-electron chi connectivity index (χ1n) is 5.37. The van der Waals surface area contributed by atoms with Crippen LogP contribution in [0.25, 0.3) is 0 Å². The molecule has 3 nitrogen and oxygen atoms in total. The van der Waals surface area contributed by atoms with E-state index >= 15 is 0 Å². The number of carboxylic acids is 1. The first-order chi connectivity index (χ1) is 7.56. The number of hydrogen-bond donors (Lipinski definition) is 1. The molecule has 1 rings (SSSR count). The van der Waals surface area contributed by atoms with E-state index in [0.717, 1.165) is 11.1 Å². The van der Waals surface area contributed by atoms with E-state index in [2.05, 4.69) is 0 Å². The first kappa shape index (κ1) is 12.7. The van der Waals surface area contributed by atoms with E-state index in [1.807, 2.05) is 38.1 Å². The molecule has 0 aliphatic heterocycles. The van der Waals surface area contributed by atoms with Crippen molar-refractivity contribution in [3.05, 3.63) is 35.4 Å². The van der Waals surface area contributed by atoms with E-state index < -0.39 is 11.9 Å². The van der Waals surface area contributed by atoms with E-state index in [1.165, 1.54) is 0 Å². The van der Waals surface area contributed by atoms with Crippen molar-refractivity contribution in [3.8, 4) is 0 Å². The number of carbonyl (C=O) groups is 1. The minimum absolute atomic E-state index is 0.0549. The summed E-state index contributed by atoms with van der Waals surface area (Å²) in [5.74, 6) is -1.28. The molecule has 2 unspecified atom stereocenters. The Kier molecular flexibility index (Phi) is 4.50. The number of rotatable bonds is 5. The van der Waals surface area contributed by atoms with Crippen molar-refractivity contribution in [1.82, 2.24) is 0 Å². The van der Waals surface area contributed by atoms with E-state index in [1.54, 1.807) is 7.11 Å². The van der Waals surface area contributed by atoms with Gasteiger partial charge in [0.05, 0.1) is 12.0 Å². The Labute approximate surface area is 96.1 Å². The predicted octanol–water partition coefficient (Wildman–Crippen LogP) is 2.59. The van der Waals surface area contributed by atoms with Gasteiger partial charge < -0.3 is 9.84 Å². The minimum Gasteiger partial charge on any atom is -0.481 e. The third kappa shape index (κ3) is 3.07. The van der Waals surface area contributed by atoms with Crippen molar-refractivity contribution in [2.24, 2.45) is 0 Å². The topological polar surface area (TPSA) is 46.5 Å². The number of carboxylic acid groups (broad SMARTS) is 1. The molecule has 0 radical (unpaired) electrons. The molecule has 0 amide bonds. The lowest BCUT2D eigenvalue weighted by Gasteiger charge is -2.18. The summed E-state index contributed by atoms with van der Waals surface area (Å²) in [6.07, 6.45) is 0.442. The highest BCUT2D eigenvalue weighted by Crippen LogP contribution is 2.25. The third-order valence-corrected chi connectivity index (χ3v) is 2.83. The standard InChI is InChI=1S/C13H18O3/c1-9-6-4-5-7-11(9)12(13(14)15)8-10(2)16-3/h4-7,10,12H,8H2,1-3H3,(H,14,15). The van der Waals surface area contributed by atoms with Crippen LogP contribution >= 0.6 is 0 Å². The van der Waals surface area contributed by atoms with Gasteiger partial charge in [0.25, 0.3) is 0 Å². The Balaban J connectivity index is 2.94. The maximum Gasteiger partial charge on any atom is 0.311 e. The number of aliphatic carboxylic acids is 1. The van der Waals surface area contributed by atoms with Crippen molar-refractivity contribution >= 4 is 5.97 Å². The van der Waals surface area contributed by atoms with Crippen molar-refractivity contribution < 1.29 is 14.6 Å². The van der Waals surface area contributed by atoms with Crippen molar-refractivity contribution in [2.75, 3.05) is 7.11 Å². The molecule has 0 saturated carbocycles. The molecular formula is C13H18O3. The lowest BCUT2D eigenvalue weighted by Crippen LogP contribution is -2.19. The first-order valence-corrected chi connectivity index (χ1v) is 5.37. The van der Waals surface area contributed by atoms with Crippen LogP contribution in [-0.2, 0) is 9.53 Å². The zero-order valence-corrected chi connectivity index (χ0v) is 9.93. The predicted molar refractivity (Wildman–Crippen MR) is 62.6 cm³/mol. The average Bonchev–Trinajstić information content (AvgIpc) is 2.26. The summed E-state index contributed by atoms with van der Waals surface area (Å²) in [6, 6.07) is 7.59. The molecule has 1 N–H and O–H groups in total. The summed E-state index contributed by atoms with van der Waals surface area (Å²) in [4.78, 5) is 11.2. The van der Waals surface area contributed by atoms with Crippen LogP contribution in [-0.4, -0.2) is 24.3 Å². The van der Waals surface area contributed by atoms with Crippen molar-refractivity contribution in [2.45, 2.75) is 32.3 Å². The van der Waals surface area contributed by atoms with Crippen LogP contribution in [0.2, 0.25) is 0 Å². The molecule has 3 heteroatoms. The summed E-state index contributed by atoms with van der Waals surface area (Å²) in [7, 11) is 1.60. The SMILES string of the molecule is COC(C)CC(C(=O)O)c1ccccc1C. The van der Waals surface area contributed by atoms with Gasteiger partial charge in [-0.25, -0.2) is 0 Å². The number of benzene rings is 1. The van der Waals surface area contributed by atoms with Gasteiger partial charge in [0.1, 0.15) is 0 Å². The van der Waals surface area contributed by atoms with Crippen LogP contribution in [0.15, 0.2) is 24.3 Å². The van der Waals surface area contributed by atoms with Crippen LogP contribution < -0.4 is 0 Å². The lowest BCUT2D eigenvalue weighted by atomic mass is 9.90. The van der Waals surface area contributed by atoms with Crippen LogP contribution in [0.5, 0.6) is 0 Å². The van der Waals surface area contributed by atoms with Crippen molar-refractivity contribution in [1.29, 1.82) is 0 Å². The molecule has 0 spiro atoms. The fourth-order valence-electron chi connectivity index (χ4n) is 1.77. The molecular weight excluding hydrogens is 204 g/mol. The number of methoxy groups -OCH3 is 1. The molecule has 0 saturated heterocycles. The molecule has 0 aromatic heterocycles. The largest absolute Gasteiger partial charge is 0.481 e. The Morgan fingerprint density at radius 2 is 2.06 bits per heavy atom. The fourth-order valence-corrected chi connectivity index (χ4v) is 1.77. The number of hydrogen-bond acceptors (Lipinski definition) is 2. The Bertz CT molecular complexity index is 360. The van der Waals surface area contributed by atoms with Gasteiger partial charge in [-0.15, -0.1) is 0 Å². The second-order valence-corrected chi connectivity index (χ2v) is 4.03. The van der Waals surface area contributed by atoms with Crippen LogP contribution in [0.3, 0.4) is 0 Å². The second-order valence-electron chi connectivity index (χ2n) is 4.03. The molecule has 16 heavy (non-hydrogen) atoms. The van der Waals surface area contributed by atoms with Gasteiger partial charge in [0.2, 0.25) is 0 Å². The molecule has 1 aromatic carbocycles. The highest BCUT2D eigenvalue weighted by atomic mass is 16.5. The second kappa shape index (κ2) is 5.66. The molecule has 0 heterocycles. The smallest absolute Gasteiger partial charge is 0.311 e. The van der Waals surface area contributed by atoms with E-state index in [9.17, 15) is 9.90 Å². The van der Waals surface area contributed by atoms with E-state index in [4.69, 9.17) is 4.74 Å². The lowest BCUT2D eigenvalue weighted by molar-refractivity contribution is -0.139. The van der Waals surface area contributed by atoms with Crippen molar-refractivity contribution in [3.63, 3.8) is 0 Å². The minimum atomic E-state index is -0.793. The quantitative estimate of drug-likeness (QED) is 0.833. The summed E-state index contributed by atoms with van der Waals surface area (Å²) >= 11 is 0. The van der Waals surface area contributed by atoms with Gasteiger partial charge in [0.15, 0.2) is 0 Å². The monoisotopic (exact) mass is 222 g/mol. The van der Waals surface area contributed by atoms with E-state index in [-0.39, 0.29) is 6.10 Å². The van der Waals surface area contributed by atoms with Gasteiger partial charge in [-0.2, -0.15) is 0 Å². The van der Waals surface area contributed by atoms with Crippen LogP contribution in [0.4, 0.5) is 0 Å². The summed E-state index contributed by atoms with van der Waals surface area (Å²) < 4.78 is 5.13. The van der Waals surface area contributed by atoms with E-state index in [0.29, 0.717) is 6.42 Å². The summed E-state index contributed by atoms with van der Waals surface area (Å²) in [6.45, 7) is 3.82. The van der Waals surface area contributed by atoms with Gasteiger partial charge >= 0.3 is 5.97 Å². The fraction of sp³-hybridized carbons (Fsp3) is 0.462. The average molecular weight is 222 g/mol. The molecule has 0 fully saturated rings. The molecule has 0 bridgehead atoms. The van der Waals surface area contributed by atoms with Gasteiger partial charge in [0, 0.05) is 7.11 Å². The molecule has 0 aliphatic rings. The molecule has 0 aliphatic carbocycles. The molecule has 2 atom stereocenters. The zero-order valence-electron chi connectivity index (χ0n) is 9.93. The molecule has 1 aromatic rings. The Morgan fingerprint density at radius 3 is 2.56 bits per heavy atom. The van der Waals surface area contributed by atoms with Gasteiger partial charge in [-0.3, -0.25) is 4.79 Å². The van der Waals surface area contributed by atoms with Crippen LogP contribution in [0.1, 0.15) is 30.4 Å². The number of ether oxygens (including phenoxy) is 1. The highest BCUT2D eigenvalue weighted by molar-refractivity contribution is 5.76. The molecule has 88 valence electrons. The Morgan fingerprint density at radius 1 is 1.44 bits per heavy atom. The summed E-state index contributed by atoms with van der Waals surface area (Å²) in [5, 5.41) is 9.24. The Hall–Kier alpha value is -1.35. The maximum atomic E-state index is 11.2. The summed E-state index contributed by atoms with van der Waals surface area (Å²) in [5.41, 5.74) is 1.89. The highest BCUT2D eigenvalue weighted by Gasteiger charge is 2.23. The van der Waals surface area contributed by atoms with Gasteiger partial charge in [-0.05, 0) is 31.4 Å². The van der Waals surface area contributed by atoms with Crippen LogP contribution in [0, 0.1) is 6.92 Å². The zero-order chi connectivity index (χ0) is 12.1. The normalized spacial score (nSPS) is 14.4.